The summed E-state index contributed by atoms with van der Waals surface area (Å²) >= 11 is 0. The molecular formula is C20H21N5O3. The summed E-state index contributed by atoms with van der Waals surface area (Å²) in [5.74, 6) is 0.287. The number of rotatable bonds is 3. The van der Waals surface area contributed by atoms with E-state index in [1.807, 2.05) is 48.9 Å². The van der Waals surface area contributed by atoms with Crippen molar-refractivity contribution < 1.29 is 4.79 Å². The van der Waals surface area contributed by atoms with Crippen molar-refractivity contribution in [1.29, 1.82) is 0 Å². The van der Waals surface area contributed by atoms with E-state index >= 15 is 0 Å². The van der Waals surface area contributed by atoms with Gasteiger partial charge in [0.1, 0.15) is 0 Å². The number of hydrogen-bond donors (Lipinski definition) is 0. The van der Waals surface area contributed by atoms with Gasteiger partial charge in [-0.25, -0.2) is 9.36 Å². The Morgan fingerprint density at radius 1 is 1.14 bits per heavy atom. The first-order valence-corrected chi connectivity index (χ1v) is 9.02. The van der Waals surface area contributed by atoms with Crippen molar-refractivity contribution in [2.24, 2.45) is 7.05 Å². The van der Waals surface area contributed by atoms with E-state index in [4.69, 9.17) is 0 Å². The van der Waals surface area contributed by atoms with Crippen molar-refractivity contribution >= 4 is 22.7 Å². The van der Waals surface area contributed by atoms with Gasteiger partial charge in [-0.2, -0.15) is 4.98 Å². The second-order valence-corrected chi connectivity index (χ2v) is 7.15. The Kier molecular flexibility index (Phi) is 3.88. The van der Waals surface area contributed by atoms with Gasteiger partial charge >= 0.3 is 5.69 Å². The first kappa shape index (κ1) is 18.0. The monoisotopic (exact) mass is 379 g/mol. The number of nitrogens with zero attached hydrogens (tertiary/aromatic N) is 5. The number of hydrogen-bond acceptors (Lipinski definition) is 4. The Balaban J connectivity index is 2.18. The molecule has 0 fully saturated rings. The van der Waals surface area contributed by atoms with E-state index in [1.54, 1.807) is 18.4 Å². The van der Waals surface area contributed by atoms with Crippen molar-refractivity contribution in [3.8, 4) is 5.69 Å². The van der Waals surface area contributed by atoms with Crippen molar-refractivity contribution in [3.63, 3.8) is 0 Å². The molecule has 28 heavy (non-hydrogen) atoms. The summed E-state index contributed by atoms with van der Waals surface area (Å²) in [6.45, 7) is 6.86. The van der Waals surface area contributed by atoms with Crippen LogP contribution < -0.4 is 11.2 Å². The molecule has 0 aliphatic carbocycles. The molecule has 0 bridgehead atoms. The first-order valence-electron chi connectivity index (χ1n) is 9.02. The van der Waals surface area contributed by atoms with Crippen LogP contribution in [0.4, 0.5) is 0 Å². The number of Topliss-reactive ketones (excluding diaryl/α,β-unsaturated/α-hetero) is 1. The molecule has 144 valence electrons. The molecule has 0 radical (unpaired) electrons. The Hall–Kier alpha value is -3.42. The van der Waals surface area contributed by atoms with Crippen LogP contribution in [0.5, 0.6) is 0 Å². The number of ketones is 1. The number of carbonyl (C=O) groups excluding carboxylic acids is 1. The van der Waals surface area contributed by atoms with Gasteiger partial charge in [-0.15, -0.1) is 0 Å². The van der Waals surface area contributed by atoms with Crippen LogP contribution in [0.15, 0.2) is 40.1 Å². The number of benzene rings is 1. The summed E-state index contributed by atoms with van der Waals surface area (Å²) in [4.78, 5) is 42.4. The predicted octanol–water partition coefficient (Wildman–Crippen LogP) is 1.91. The molecule has 8 heteroatoms. The van der Waals surface area contributed by atoms with Gasteiger partial charge in [0.25, 0.3) is 5.56 Å². The topological polar surface area (TPSA) is 83.3 Å². The molecule has 1 aromatic carbocycles. The maximum absolute atomic E-state index is 13.2. The van der Waals surface area contributed by atoms with E-state index < -0.39 is 17.3 Å². The third-order valence-corrected chi connectivity index (χ3v) is 5.31. The number of carbonyl (C=O) groups is 1. The minimum atomic E-state index is -0.847. The van der Waals surface area contributed by atoms with E-state index in [9.17, 15) is 14.4 Å². The van der Waals surface area contributed by atoms with Gasteiger partial charge in [0.05, 0.1) is 11.7 Å². The van der Waals surface area contributed by atoms with Gasteiger partial charge in [0, 0.05) is 18.9 Å². The lowest BCUT2D eigenvalue weighted by Gasteiger charge is -2.12. The summed E-state index contributed by atoms with van der Waals surface area (Å²) in [5.41, 5.74) is 2.41. The Bertz CT molecular complexity index is 1380. The second kappa shape index (κ2) is 6.05. The fourth-order valence-electron chi connectivity index (χ4n) is 3.61. The highest BCUT2D eigenvalue weighted by Crippen LogP contribution is 2.23. The predicted molar refractivity (Wildman–Crippen MR) is 106 cm³/mol. The number of fused-ring (bicyclic) bond motifs is 3. The van der Waals surface area contributed by atoms with E-state index in [0.717, 1.165) is 21.5 Å². The minimum absolute atomic E-state index is 0.257. The largest absolute Gasteiger partial charge is 0.333 e. The summed E-state index contributed by atoms with van der Waals surface area (Å²) < 4.78 is 5.97. The Morgan fingerprint density at radius 3 is 2.46 bits per heavy atom. The molecule has 0 saturated heterocycles. The molecule has 3 heterocycles. The molecule has 4 rings (SSSR count). The SMILES string of the molecule is CC(=O)C(C)n1c(=O)c2c(nc3n(-c4ccccc4C)c(C)cn23)n(C)c1=O. The lowest BCUT2D eigenvalue weighted by molar-refractivity contribution is -0.119. The number of aryl methyl sites for hydroxylation is 3. The van der Waals surface area contributed by atoms with Crippen LogP contribution in [-0.4, -0.2) is 28.9 Å². The third-order valence-electron chi connectivity index (χ3n) is 5.31. The summed E-state index contributed by atoms with van der Waals surface area (Å²) in [7, 11) is 1.56. The molecular weight excluding hydrogens is 358 g/mol. The number of aromatic nitrogens is 5. The van der Waals surface area contributed by atoms with Crippen molar-refractivity contribution in [2.75, 3.05) is 0 Å². The fourth-order valence-corrected chi connectivity index (χ4v) is 3.61. The van der Waals surface area contributed by atoms with Gasteiger partial charge < -0.3 is 0 Å². The Labute approximate surface area is 160 Å². The second-order valence-electron chi connectivity index (χ2n) is 7.15. The summed E-state index contributed by atoms with van der Waals surface area (Å²) in [6, 6.07) is 7.04. The molecule has 0 aliphatic heterocycles. The first-order chi connectivity index (χ1) is 13.2. The zero-order chi connectivity index (χ0) is 20.3. The van der Waals surface area contributed by atoms with Gasteiger partial charge in [0.15, 0.2) is 16.9 Å². The number of imidazole rings is 2. The molecule has 0 aliphatic rings. The molecule has 0 amide bonds. The quantitative estimate of drug-likeness (QED) is 0.544. The van der Waals surface area contributed by atoms with Crippen LogP contribution in [0.2, 0.25) is 0 Å². The number of para-hydroxylation sites is 1. The fraction of sp³-hybridized carbons (Fsp3) is 0.300. The maximum Gasteiger partial charge on any atom is 0.333 e. The Morgan fingerprint density at radius 2 is 1.82 bits per heavy atom. The van der Waals surface area contributed by atoms with Crippen LogP contribution in [0.3, 0.4) is 0 Å². The summed E-state index contributed by atoms with van der Waals surface area (Å²) in [5, 5.41) is 0. The van der Waals surface area contributed by atoms with Gasteiger partial charge in [-0.1, -0.05) is 18.2 Å². The van der Waals surface area contributed by atoms with E-state index in [-0.39, 0.29) is 11.3 Å². The smallest absolute Gasteiger partial charge is 0.298 e. The van der Waals surface area contributed by atoms with Gasteiger partial charge in [-0.3, -0.25) is 23.1 Å². The van der Waals surface area contributed by atoms with Crippen molar-refractivity contribution in [2.45, 2.75) is 33.7 Å². The summed E-state index contributed by atoms with van der Waals surface area (Å²) in [6.07, 6.45) is 1.83. The molecule has 4 aromatic rings. The van der Waals surface area contributed by atoms with Gasteiger partial charge in [-0.05, 0) is 39.3 Å². The highest BCUT2D eigenvalue weighted by molar-refractivity contribution is 5.81. The van der Waals surface area contributed by atoms with E-state index in [2.05, 4.69) is 4.98 Å². The average molecular weight is 379 g/mol. The molecule has 3 aromatic heterocycles. The normalized spacial score (nSPS) is 12.8. The van der Waals surface area contributed by atoms with Crippen molar-refractivity contribution in [3.05, 3.63) is 62.6 Å². The van der Waals surface area contributed by atoms with Crippen LogP contribution >= 0.6 is 0 Å². The van der Waals surface area contributed by atoms with Crippen LogP contribution in [0.25, 0.3) is 22.6 Å². The lowest BCUT2D eigenvalue weighted by atomic mass is 10.2. The van der Waals surface area contributed by atoms with E-state index in [0.29, 0.717) is 11.4 Å². The lowest BCUT2D eigenvalue weighted by Crippen LogP contribution is -2.42. The average Bonchev–Trinajstić information content (AvgIpc) is 3.15. The van der Waals surface area contributed by atoms with Gasteiger partial charge in [0.2, 0.25) is 5.78 Å². The highest BCUT2D eigenvalue weighted by atomic mass is 16.2. The maximum atomic E-state index is 13.2. The molecule has 1 unspecified atom stereocenters. The minimum Gasteiger partial charge on any atom is -0.298 e. The third kappa shape index (κ3) is 2.30. The van der Waals surface area contributed by atoms with Crippen LogP contribution in [0.1, 0.15) is 31.1 Å². The molecule has 0 N–H and O–H groups in total. The standard InChI is InChI=1S/C20H21N5O3/c1-11-8-6-7-9-15(11)24-12(2)10-23-16-17(21-19(23)24)22(5)20(28)25(18(16)27)13(3)14(4)26/h6-10,13H,1-5H3. The van der Waals surface area contributed by atoms with E-state index in [1.165, 1.54) is 11.5 Å². The molecule has 8 nitrogen and oxygen atoms in total. The zero-order valence-corrected chi connectivity index (χ0v) is 16.4. The zero-order valence-electron chi connectivity index (χ0n) is 16.4. The molecule has 0 saturated carbocycles. The molecule has 1 atom stereocenters. The van der Waals surface area contributed by atoms with Crippen LogP contribution in [0, 0.1) is 13.8 Å². The molecule has 0 spiro atoms. The van der Waals surface area contributed by atoms with Crippen molar-refractivity contribution in [1.82, 2.24) is 23.1 Å². The van der Waals surface area contributed by atoms with Crippen LogP contribution in [-0.2, 0) is 11.8 Å². The highest BCUT2D eigenvalue weighted by Gasteiger charge is 2.24.